The molecule has 0 radical (unpaired) electrons. The van der Waals surface area contributed by atoms with Gasteiger partial charge < -0.3 is 29.9 Å². The van der Waals surface area contributed by atoms with Gasteiger partial charge in [-0.3, -0.25) is 24.6 Å². The fourth-order valence-electron chi connectivity index (χ4n) is 13.6. The lowest BCUT2D eigenvalue weighted by Gasteiger charge is -2.56. The number of nitrogens with one attached hydrogen (secondary N) is 2. The average molecular weight is 975 g/mol. The highest BCUT2D eigenvalue weighted by Crippen LogP contribution is 2.53. The maximum atomic E-state index is 17.2. The number of piperidine rings is 3. The number of hydrogen-bond donors (Lipinski definition) is 3. The third-order valence-corrected chi connectivity index (χ3v) is 17.9. The molecule has 2 saturated carbocycles. The molecular formula is C56H60F2N10O4. The Kier molecular flexibility index (Phi) is 11.0. The summed E-state index contributed by atoms with van der Waals surface area (Å²) < 4.78 is 40.7. The van der Waals surface area contributed by atoms with Gasteiger partial charge in [-0.1, -0.05) is 24.1 Å². The van der Waals surface area contributed by atoms with Crippen LogP contribution < -0.4 is 20.3 Å². The SMILES string of the molecule is C#Cc1c(F)ccc2cc(O)cc(-c3ncc4c(N5CC6CCC(C5)N6)nc(OCC5(CN6CCC7(CC6)CC(N6CCC(c8ccc9c(C%10CCC(=O)NC%10=O)nn(C)c9c8)CC6)C7)CC5)nc4c3F)c12. The van der Waals surface area contributed by atoms with Crippen LogP contribution in [0.2, 0.25) is 0 Å². The molecule has 3 aromatic carbocycles. The number of aromatic hydroxyl groups is 1. The number of piperazine rings is 1. The van der Waals surface area contributed by atoms with Gasteiger partial charge >= 0.3 is 6.01 Å². The summed E-state index contributed by atoms with van der Waals surface area (Å²) in [5.41, 5.74) is 3.67. The topological polar surface area (TPSA) is 154 Å². The van der Waals surface area contributed by atoms with E-state index < -0.39 is 17.6 Å². The van der Waals surface area contributed by atoms with Crippen molar-refractivity contribution < 1.29 is 28.2 Å². The first-order valence-corrected chi connectivity index (χ1v) is 26.1. The van der Waals surface area contributed by atoms with Gasteiger partial charge in [-0.2, -0.15) is 15.1 Å². The van der Waals surface area contributed by atoms with E-state index in [1.165, 1.54) is 55.5 Å². The summed E-state index contributed by atoms with van der Waals surface area (Å²) in [6, 6.07) is 13.6. The van der Waals surface area contributed by atoms with Crippen LogP contribution in [-0.2, 0) is 16.6 Å². The Morgan fingerprint density at radius 2 is 1.69 bits per heavy atom. The van der Waals surface area contributed by atoms with E-state index in [4.69, 9.17) is 26.2 Å². The number of pyridine rings is 1. The molecular weight excluding hydrogens is 915 g/mol. The Balaban J connectivity index is 0.652. The van der Waals surface area contributed by atoms with Crippen molar-refractivity contribution in [2.45, 2.75) is 107 Å². The number of likely N-dealkylation sites (tertiary alicyclic amines) is 2. The van der Waals surface area contributed by atoms with Gasteiger partial charge in [0.05, 0.1) is 34.7 Å². The van der Waals surface area contributed by atoms with Crippen molar-refractivity contribution in [3.8, 4) is 35.4 Å². The highest BCUT2D eigenvalue weighted by molar-refractivity contribution is 6.04. The zero-order chi connectivity index (χ0) is 49.0. The fourth-order valence-corrected chi connectivity index (χ4v) is 13.6. The summed E-state index contributed by atoms with van der Waals surface area (Å²) in [7, 11) is 1.94. The molecule has 7 fully saturated rings. The van der Waals surface area contributed by atoms with Crippen molar-refractivity contribution in [2.75, 3.05) is 57.3 Å². The van der Waals surface area contributed by atoms with Crippen LogP contribution in [0.1, 0.15) is 106 Å². The number of carbonyl (C=O) groups excluding carboxylic acids is 2. The van der Waals surface area contributed by atoms with Gasteiger partial charge in [0.2, 0.25) is 11.8 Å². The highest BCUT2D eigenvalue weighted by Gasteiger charge is 2.51. The Hall–Kier alpha value is -6.28. The molecule has 16 heteroatoms. The number of aromatic nitrogens is 5. The molecule has 7 aliphatic rings. The van der Waals surface area contributed by atoms with Crippen LogP contribution in [0.5, 0.6) is 11.8 Å². The van der Waals surface area contributed by atoms with E-state index in [0.29, 0.717) is 70.9 Å². The Morgan fingerprint density at radius 3 is 2.43 bits per heavy atom. The van der Waals surface area contributed by atoms with Crippen molar-refractivity contribution in [2.24, 2.45) is 17.9 Å². The largest absolute Gasteiger partial charge is 0.508 e. The number of amides is 2. The second-order valence-corrected chi connectivity index (χ2v) is 22.4. The predicted molar refractivity (Wildman–Crippen MR) is 270 cm³/mol. The molecule has 3 N–H and O–H groups in total. The summed E-state index contributed by atoms with van der Waals surface area (Å²) in [6.07, 6.45) is 19.7. The second-order valence-electron chi connectivity index (χ2n) is 22.4. The minimum Gasteiger partial charge on any atom is -0.508 e. The first kappa shape index (κ1) is 45.6. The number of aryl methyl sites for hydroxylation is 1. The standard InChI is InChI=1S/C56H60F2N10O4/c1-3-39-44(57)10-5-34-22-38(69)24-42(47(34)39)50-48(58)51-43(27-59-50)52(68-28-35-6-7-36(29-68)60-35)63-54(62-51)72-31-56(14-15-56)30-66-20-16-55(17-21-66)25-37(26-55)67-18-12-32(13-19-67)33-4-8-40-45(23-33)65(2)64-49(40)41-9-11-46(70)61-53(41)71/h1,4-5,8,10,22-24,27,32,35-37,41,60,69H,6-7,9,11-21,25-26,28-31H2,2H3,(H,61,70,71). The summed E-state index contributed by atoms with van der Waals surface area (Å²) in [5, 5.41) is 23.9. The molecule has 372 valence electrons. The monoisotopic (exact) mass is 974 g/mol. The van der Waals surface area contributed by atoms with E-state index in [2.05, 4.69) is 54.4 Å². The molecule has 3 aromatic heterocycles. The molecule has 13 rings (SSSR count). The number of phenolic OH excluding ortho intramolecular Hbond substituents is 1. The number of hydrogen-bond acceptors (Lipinski definition) is 12. The molecule has 5 aliphatic heterocycles. The van der Waals surface area contributed by atoms with Crippen molar-refractivity contribution in [3.63, 3.8) is 0 Å². The molecule has 2 bridgehead atoms. The van der Waals surface area contributed by atoms with E-state index in [1.54, 1.807) is 6.20 Å². The lowest BCUT2D eigenvalue weighted by atomic mass is 9.59. The number of anilines is 1. The molecule has 3 atom stereocenters. The van der Waals surface area contributed by atoms with Gasteiger partial charge in [-0.05, 0) is 143 Å². The number of nitrogens with zero attached hydrogens (tertiary/aromatic N) is 8. The minimum atomic E-state index is -0.715. The lowest BCUT2D eigenvalue weighted by molar-refractivity contribution is -0.134. The van der Waals surface area contributed by atoms with E-state index in [0.717, 1.165) is 101 Å². The number of terminal acetylenes is 1. The van der Waals surface area contributed by atoms with Gasteiger partial charge in [0.25, 0.3) is 0 Å². The lowest BCUT2D eigenvalue weighted by Crippen LogP contribution is -2.56. The van der Waals surface area contributed by atoms with E-state index in [9.17, 15) is 14.7 Å². The van der Waals surface area contributed by atoms with Crippen molar-refractivity contribution in [1.82, 2.24) is 45.2 Å². The Labute approximate surface area is 416 Å². The molecule has 8 heterocycles. The van der Waals surface area contributed by atoms with Crippen LogP contribution in [0, 0.1) is 34.8 Å². The minimum absolute atomic E-state index is 0.0150. The van der Waals surface area contributed by atoms with Crippen molar-refractivity contribution >= 4 is 50.2 Å². The van der Waals surface area contributed by atoms with Crippen LogP contribution in [0.3, 0.4) is 0 Å². The summed E-state index contributed by atoms with van der Waals surface area (Å²) in [6.45, 7) is 7.20. The Morgan fingerprint density at radius 1 is 0.917 bits per heavy atom. The van der Waals surface area contributed by atoms with Crippen LogP contribution in [0.4, 0.5) is 14.6 Å². The van der Waals surface area contributed by atoms with Crippen molar-refractivity contribution in [1.29, 1.82) is 0 Å². The average Bonchev–Trinajstić information content (AvgIpc) is 3.95. The molecule has 5 saturated heterocycles. The number of imide groups is 1. The van der Waals surface area contributed by atoms with Gasteiger partial charge in [0.1, 0.15) is 28.6 Å². The van der Waals surface area contributed by atoms with Gasteiger partial charge in [0.15, 0.2) is 5.82 Å². The quantitative estimate of drug-likeness (QED) is 0.0924. The van der Waals surface area contributed by atoms with Crippen molar-refractivity contribution in [3.05, 3.63) is 77.1 Å². The second kappa shape index (κ2) is 17.4. The maximum absolute atomic E-state index is 17.2. The van der Waals surface area contributed by atoms with Crippen LogP contribution >= 0.6 is 0 Å². The predicted octanol–water partition coefficient (Wildman–Crippen LogP) is 7.44. The molecule has 1 spiro atoms. The van der Waals surface area contributed by atoms with Gasteiger partial charge in [-0.25, -0.2) is 8.78 Å². The third-order valence-electron chi connectivity index (χ3n) is 17.9. The van der Waals surface area contributed by atoms with Crippen LogP contribution in [0.25, 0.3) is 43.8 Å². The van der Waals surface area contributed by atoms with E-state index >= 15 is 8.78 Å². The first-order chi connectivity index (χ1) is 34.9. The zero-order valence-electron chi connectivity index (χ0n) is 40.7. The number of rotatable bonds is 10. The first-order valence-electron chi connectivity index (χ1n) is 26.1. The number of halogens is 2. The molecule has 2 aliphatic carbocycles. The molecule has 72 heavy (non-hydrogen) atoms. The summed E-state index contributed by atoms with van der Waals surface area (Å²) in [4.78, 5) is 46.3. The van der Waals surface area contributed by atoms with Gasteiger partial charge in [0, 0.05) is 79.2 Å². The summed E-state index contributed by atoms with van der Waals surface area (Å²) >= 11 is 0. The van der Waals surface area contributed by atoms with E-state index in [-0.39, 0.29) is 51.3 Å². The molecule has 14 nitrogen and oxygen atoms in total. The molecule has 2 amide bonds. The zero-order valence-corrected chi connectivity index (χ0v) is 40.7. The van der Waals surface area contributed by atoms with Crippen LogP contribution in [-0.4, -0.2) is 122 Å². The number of fused-ring (bicyclic) bond motifs is 5. The van der Waals surface area contributed by atoms with Crippen LogP contribution in [0.15, 0.2) is 48.7 Å². The fraction of sp³-hybridized carbons (Fsp3) is 0.500. The van der Waals surface area contributed by atoms with E-state index in [1.807, 2.05) is 11.7 Å². The molecule has 6 aromatic rings. The molecule has 3 unspecified atom stereocenters. The summed E-state index contributed by atoms with van der Waals surface area (Å²) in [5.74, 6) is 1.19. The third kappa shape index (κ3) is 8.03. The highest BCUT2D eigenvalue weighted by atomic mass is 19.1. The van der Waals surface area contributed by atoms with Gasteiger partial charge in [-0.15, -0.1) is 6.42 Å². The smallest absolute Gasteiger partial charge is 0.319 e. The Bertz CT molecular complexity index is 3220. The number of benzene rings is 3. The number of phenols is 1. The number of carbonyl (C=O) groups is 2. The number of ether oxygens (including phenoxy) is 1. The normalized spacial score (nSPS) is 24.5. The maximum Gasteiger partial charge on any atom is 0.319 e.